The molecule has 1 aliphatic rings. The number of rotatable bonds is 4. The van der Waals surface area contributed by atoms with Gasteiger partial charge in [0.2, 0.25) is 0 Å². The summed E-state index contributed by atoms with van der Waals surface area (Å²) < 4.78 is 18.1. The highest BCUT2D eigenvalue weighted by Gasteiger charge is 2.30. The van der Waals surface area contributed by atoms with E-state index < -0.39 is 11.0 Å². The van der Waals surface area contributed by atoms with E-state index >= 15 is 0 Å². The van der Waals surface area contributed by atoms with Crippen LogP contribution >= 0.6 is 11.6 Å². The number of nitrogens with zero attached hydrogens (tertiary/aromatic N) is 2. The zero-order chi connectivity index (χ0) is 19.0. The minimum absolute atomic E-state index is 0.0309. The van der Waals surface area contributed by atoms with Crippen LogP contribution in [0.4, 0.5) is 5.69 Å². The molecular weight excluding hydrogens is 370 g/mol. The summed E-state index contributed by atoms with van der Waals surface area (Å²) >= 11 is 6.07. The van der Waals surface area contributed by atoms with Crippen LogP contribution in [0.5, 0.6) is 0 Å². The molecule has 3 rings (SSSR count). The van der Waals surface area contributed by atoms with Crippen LogP contribution in [0, 0.1) is 20.8 Å². The molecule has 0 spiro atoms. The van der Waals surface area contributed by atoms with Crippen LogP contribution < -0.4 is 4.72 Å². The summed E-state index contributed by atoms with van der Waals surface area (Å²) in [5, 5.41) is 0.574. The van der Waals surface area contributed by atoms with Crippen LogP contribution in [0.15, 0.2) is 23.1 Å². The van der Waals surface area contributed by atoms with Gasteiger partial charge in [-0.25, -0.2) is 4.21 Å². The van der Waals surface area contributed by atoms with Crippen molar-refractivity contribution in [2.75, 3.05) is 17.8 Å². The molecule has 1 aromatic carbocycles. The quantitative estimate of drug-likeness (QED) is 0.854. The Morgan fingerprint density at radius 3 is 2.46 bits per heavy atom. The zero-order valence-corrected chi connectivity index (χ0v) is 17.1. The molecule has 7 heteroatoms. The van der Waals surface area contributed by atoms with E-state index in [1.807, 2.05) is 43.4 Å². The summed E-state index contributed by atoms with van der Waals surface area (Å²) in [5.41, 5.74) is 3.87. The second-order valence-electron chi connectivity index (χ2n) is 6.76. The Kier molecular flexibility index (Phi) is 5.44. The van der Waals surface area contributed by atoms with E-state index in [-0.39, 0.29) is 5.91 Å². The van der Waals surface area contributed by atoms with Crippen molar-refractivity contribution in [1.82, 2.24) is 9.47 Å². The second kappa shape index (κ2) is 7.45. The van der Waals surface area contributed by atoms with E-state index in [1.54, 1.807) is 12.1 Å². The van der Waals surface area contributed by atoms with Crippen molar-refractivity contribution in [3.8, 4) is 0 Å². The Labute approximate surface area is 161 Å². The van der Waals surface area contributed by atoms with E-state index in [1.165, 1.54) is 0 Å². The third kappa shape index (κ3) is 3.40. The molecule has 1 aromatic heterocycles. The Morgan fingerprint density at radius 2 is 1.81 bits per heavy atom. The largest absolute Gasteiger partial charge is 0.350 e. The van der Waals surface area contributed by atoms with Gasteiger partial charge >= 0.3 is 0 Å². The van der Waals surface area contributed by atoms with Crippen molar-refractivity contribution >= 4 is 34.2 Å². The van der Waals surface area contributed by atoms with Crippen LogP contribution in [-0.2, 0) is 18.0 Å². The SMILES string of the molecule is Cc1ccc(Cl)cc1NS(=O)c1c(C(=O)N2CCCC2)c(C)n(C)c1C. The van der Waals surface area contributed by atoms with Gasteiger partial charge in [0.25, 0.3) is 5.91 Å². The molecule has 1 unspecified atom stereocenters. The highest BCUT2D eigenvalue weighted by atomic mass is 35.5. The van der Waals surface area contributed by atoms with Gasteiger partial charge in [0.15, 0.2) is 11.0 Å². The topological polar surface area (TPSA) is 54.3 Å². The van der Waals surface area contributed by atoms with Crippen molar-refractivity contribution in [1.29, 1.82) is 0 Å². The summed E-state index contributed by atoms with van der Waals surface area (Å²) in [4.78, 5) is 15.5. The fraction of sp³-hybridized carbons (Fsp3) is 0.421. The lowest BCUT2D eigenvalue weighted by molar-refractivity contribution is 0.0788. The predicted octanol–water partition coefficient (Wildman–Crippen LogP) is 3.97. The van der Waals surface area contributed by atoms with Gasteiger partial charge in [-0.15, -0.1) is 0 Å². The average Bonchev–Trinajstić information content (AvgIpc) is 3.21. The monoisotopic (exact) mass is 393 g/mol. The number of halogens is 1. The summed E-state index contributed by atoms with van der Waals surface area (Å²) in [6.07, 6.45) is 2.05. The number of nitrogens with one attached hydrogen (secondary N) is 1. The summed E-state index contributed by atoms with van der Waals surface area (Å²) in [5.74, 6) is -0.0309. The van der Waals surface area contributed by atoms with Crippen LogP contribution in [0.25, 0.3) is 0 Å². The van der Waals surface area contributed by atoms with Crippen LogP contribution in [0.2, 0.25) is 5.02 Å². The number of hydrogen-bond donors (Lipinski definition) is 1. The highest BCUT2D eigenvalue weighted by molar-refractivity contribution is 7.86. The van der Waals surface area contributed by atoms with Gasteiger partial charge in [-0.05, 0) is 51.3 Å². The van der Waals surface area contributed by atoms with Crippen molar-refractivity contribution in [3.05, 3.63) is 45.7 Å². The fourth-order valence-electron chi connectivity index (χ4n) is 3.33. The fourth-order valence-corrected chi connectivity index (χ4v) is 4.85. The maximum atomic E-state index is 13.2. The molecule has 0 radical (unpaired) electrons. The molecular formula is C19H24ClN3O2S. The third-order valence-electron chi connectivity index (χ3n) is 5.12. The number of carbonyl (C=O) groups is 1. The van der Waals surface area contributed by atoms with Gasteiger partial charge in [0.1, 0.15) is 0 Å². The average molecular weight is 394 g/mol. The van der Waals surface area contributed by atoms with Gasteiger partial charge in [0.05, 0.1) is 16.1 Å². The Morgan fingerprint density at radius 1 is 1.15 bits per heavy atom. The van der Waals surface area contributed by atoms with Crippen LogP contribution in [0.3, 0.4) is 0 Å². The van der Waals surface area contributed by atoms with Gasteiger partial charge in [0, 0.05) is 36.5 Å². The first-order chi connectivity index (χ1) is 12.3. The number of benzene rings is 1. The second-order valence-corrected chi connectivity index (χ2v) is 8.35. The van der Waals surface area contributed by atoms with Crippen molar-refractivity contribution in [3.63, 3.8) is 0 Å². The minimum Gasteiger partial charge on any atom is -0.350 e. The molecule has 26 heavy (non-hydrogen) atoms. The number of aryl methyl sites for hydroxylation is 1. The van der Waals surface area contributed by atoms with Gasteiger partial charge in [-0.1, -0.05) is 17.7 Å². The molecule has 0 saturated carbocycles. The minimum atomic E-state index is -1.56. The molecule has 2 heterocycles. The lowest BCUT2D eigenvalue weighted by Gasteiger charge is -2.17. The molecule has 0 aliphatic carbocycles. The van der Waals surface area contributed by atoms with Gasteiger partial charge in [-0.2, -0.15) is 0 Å². The molecule has 0 bridgehead atoms. The first kappa shape index (κ1) is 19.0. The third-order valence-corrected chi connectivity index (χ3v) is 6.63. The van der Waals surface area contributed by atoms with Crippen LogP contribution in [-0.4, -0.2) is 32.7 Å². The lowest BCUT2D eigenvalue weighted by atomic mass is 10.2. The Bertz CT molecular complexity index is 885. The molecule has 140 valence electrons. The van der Waals surface area contributed by atoms with Crippen LogP contribution in [0.1, 0.15) is 40.2 Å². The van der Waals surface area contributed by atoms with Gasteiger partial charge in [-0.3, -0.25) is 4.79 Å². The highest BCUT2D eigenvalue weighted by Crippen LogP contribution is 2.29. The summed E-state index contributed by atoms with van der Waals surface area (Å²) in [6.45, 7) is 7.25. The molecule has 1 saturated heterocycles. The molecule has 1 N–H and O–H groups in total. The number of likely N-dealkylation sites (tertiary alicyclic amines) is 1. The van der Waals surface area contributed by atoms with E-state index in [4.69, 9.17) is 11.6 Å². The van der Waals surface area contributed by atoms with E-state index in [0.717, 1.165) is 42.9 Å². The lowest BCUT2D eigenvalue weighted by Crippen LogP contribution is -2.29. The van der Waals surface area contributed by atoms with Crippen molar-refractivity contribution in [2.24, 2.45) is 7.05 Å². The number of hydrogen-bond acceptors (Lipinski definition) is 2. The number of anilines is 1. The molecule has 1 atom stereocenters. The summed E-state index contributed by atoms with van der Waals surface area (Å²) in [6, 6.07) is 5.42. The number of carbonyl (C=O) groups excluding carboxylic acids is 1. The van der Waals surface area contributed by atoms with Crippen molar-refractivity contribution < 1.29 is 9.00 Å². The zero-order valence-electron chi connectivity index (χ0n) is 15.6. The Hall–Kier alpha value is -1.79. The van der Waals surface area contributed by atoms with E-state index in [9.17, 15) is 9.00 Å². The predicted molar refractivity (Wildman–Crippen MR) is 106 cm³/mol. The number of amides is 1. The standard InChI is InChI=1S/C19H24ClN3O2S/c1-12-7-8-15(20)11-16(12)21-26(25)18-14(3)22(4)13(2)17(18)19(24)23-9-5-6-10-23/h7-8,11,21H,5-6,9-10H2,1-4H3. The molecule has 5 nitrogen and oxygen atoms in total. The maximum absolute atomic E-state index is 13.2. The summed E-state index contributed by atoms with van der Waals surface area (Å²) in [7, 11) is 0.336. The smallest absolute Gasteiger partial charge is 0.256 e. The Balaban J connectivity index is 2.01. The molecule has 1 fully saturated rings. The van der Waals surface area contributed by atoms with E-state index in [0.29, 0.717) is 21.2 Å². The van der Waals surface area contributed by atoms with Gasteiger partial charge < -0.3 is 14.2 Å². The normalized spacial score (nSPS) is 15.3. The first-order valence-corrected chi connectivity index (χ1v) is 10.2. The van der Waals surface area contributed by atoms with Crippen molar-refractivity contribution in [2.45, 2.75) is 38.5 Å². The van der Waals surface area contributed by atoms with E-state index in [2.05, 4.69) is 4.72 Å². The molecule has 1 aliphatic heterocycles. The molecule has 2 aromatic rings. The first-order valence-electron chi connectivity index (χ1n) is 8.71. The molecule has 1 amide bonds. The maximum Gasteiger partial charge on any atom is 0.256 e. The number of aromatic nitrogens is 1.